The highest BCUT2D eigenvalue weighted by Gasteiger charge is 2.20. The van der Waals surface area contributed by atoms with E-state index >= 15 is 0 Å². The Bertz CT molecular complexity index is 1630. The molecule has 0 atom stereocenters. The molecule has 0 saturated carbocycles. The number of thiophene rings is 1. The molecule has 0 aliphatic carbocycles. The van der Waals surface area contributed by atoms with Crippen LogP contribution >= 0.6 is 11.3 Å². The van der Waals surface area contributed by atoms with E-state index in [0.29, 0.717) is 0 Å². The van der Waals surface area contributed by atoms with E-state index in [0.717, 1.165) is 22.4 Å². The molecule has 0 amide bonds. The molecule has 3 aromatic carbocycles. The second-order valence-electron chi connectivity index (χ2n) is 9.37. The number of hydrogen-bond acceptors (Lipinski definition) is 3. The highest BCUT2D eigenvalue weighted by Crippen LogP contribution is 2.42. The van der Waals surface area contributed by atoms with Crippen LogP contribution in [-0.4, -0.2) is 4.98 Å². The summed E-state index contributed by atoms with van der Waals surface area (Å²) in [6.07, 6.45) is 1.94. The van der Waals surface area contributed by atoms with Gasteiger partial charge in [0.05, 0.1) is 5.69 Å². The van der Waals surface area contributed by atoms with Crippen molar-refractivity contribution in [2.45, 2.75) is 33.1 Å². The Morgan fingerprint density at radius 2 is 1.68 bits per heavy atom. The molecule has 2 nitrogen and oxygen atoms in total. The van der Waals surface area contributed by atoms with Crippen LogP contribution in [0, 0.1) is 6.92 Å². The van der Waals surface area contributed by atoms with Gasteiger partial charge in [-0.15, -0.1) is 11.3 Å². The van der Waals surface area contributed by atoms with E-state index in [1.807, 2.05) is 24.5 Å². The first-order valence-corrected chi connectivity index (χ1v) is 11.5. The van der Waals surface area contributed by atoms with Crippen molar-refractivity contribution in [3.8, 4) is 11.3 Å². The number of aromatic nitrogens is 1. The minimum absolute atomic E-state index is 0.0398. The van der Waals surface area contributed by atoms with E-state index < -0.39 is 0 Å². The Labute approximate surface area is 185 Å². The van der Waals surface area contributed by atoms with Crippen molar-refractivity contribution in [1.29, 1.82) is 0 Å². The number of pyridine rings is 1. The van der Waals surface area contributed by atoms with Gasteiger partial charge in [-0.2, -0.15) is 0 Å². The second kappa shape index (κ2) is 6.41. The Balaban J connectivity index is 1.71. The molecule has 0 N–H and O–H groups in total. The fourth-order valence-corrected chi connectivity index (χ4v) is 5.80. The molecule has 0 aliphatic rings. The van der Waals surface area contributed by atoms with Gasteiger partial charge in [-0.05, 0) is 65.1 Å². The first kappa shape index (κ1) is 18.6. The topological polar surface area (TPSA) is 26.0 Å². The van der Waals surface area contributed by atoms with Gasteiger partial charge in [0.15, 0.2) is 0 Å². The third-order valence-corrected chi connectivity index (χ3v) is 7.20. The normalized spacial score (nSPS) is 12.5. The van der Waals surface area contributed by atoms with Crippen molar-refractivity contribution in [3.63, 3.8) is 0 Å². The highest BCUT2D eigenvalue weighted by atomic mass is 32.1. The quantitative estimate of drug-likeness (QED) is 0.265. The lowest BCUT2D eigenvalue weighted by Crippen LogP contribution is -2.12. The number of nitrogens with zero attached hydrogens (tertiary/aromatic N) is 1. The van der Waals surface area contributed by atoms with Gasteiger partial charge in [-0.3, -0.25) is 4.98 Å². The number of rotatable bonds is 1. The van der Waals surface area contributed by atoms with Gasteiger partial charge in [0.25, 0.3) is 0 Å². The molecular formula is C28H23NOS. The number of hydrogen-bond donors (Lipinski definition) is 0. The molecule has 6 aromatic rings. The van der Waals surface area contributed by atoms with Crippen LogP contribution in [0.4, 0.5) is 0 Å². The van der Waals surface area contributed by atoms with E-state index in [1.54, 1.807) is 0 Å². The van der Waals surface area contributed by atoms with Crippen LogP contribution in [0.3, 0.4) is 0 Å². The summed E-state index contributed by atoms with van der Waals surface area (Å²) in [5.74, 6) is 0.944. The van der Waals surface area contributed by atoms with Crippen LogP contribution in [0.25, 0.3) is 53.2 Å². The maximum atomic E-state index is 5.95. The fraction of sp³-hybridized carbons (Fsp3) is 0.179. The van der Waals surface area contributed by atoms with Crippen molar-refractivity contribution in [2.24, 2.45) is 0 Å². The Kier molecular flexibility index (Phi) is 3.85. The molecule has 0 radical (unpaired) electrons. The maximum Gasteiger partial charge on any atom is 0.134 e. The standard InChI is InChI=1S/C28H23NOS/c1-16-11-18-14-25-21(15-23(18)30-16)26-24(31-25)9-10-29-27(26)19-12-17-7-5-6-8-20(17)22(13-19)28(2,3)4/h5-15H,1-4H3. The molecule has 6 rings (SSSR count). The molecule has 3 heterocycles. The van der Waals surface area contributed by atoms with E-state index in [-0.39, 0.29) is 5.41 Å². The zero-order valence-corrected chi connectivity index (χ0v) is 18.9. The first-order valence-electron chi connectivity index (χ1n) is 10.6. The van der Waals surface area contributed by atoms with Crippen molar-refractivity contribution in [2.75, 3.05) is 0 Å². The summed E-state index contributed by atoms with van der Waals surface area (Å²) in [5, 5.41) is 6.16. The molecule has 0 spiro atoms. The average molecular weight is 422 g/mol. The zero-order chi connectivity index (χ0) is 21.3. The Morgan fingerprint density at radius 1 is 0.839 bits per heavy atom. The van der Waals surface area contributed by atoms with Gasteiger partial charge >= 0.3 is 0 Å². The third kappa shape index (κ3) is 2.88. The van der Waals surface area contributed by atoms with Gasteiger partial charge in [0.2, 0.25) is 0 Å². The lowest BCUT2D eigenvalue weighted by atomic mass is 9.82. The van der Waals surface area contributed by atoms with Crippen molar-refractivity contribution in [3.05, 3.63) is 78.2 Å². The summed E-state index contributed by atoms with van der Waals surface area (Å²) in [5.41, 5.74) is 4.54. The Hall–Kier alpha value is -3.17. The molecule has 0 saturated heterocycles. The largest absolute Gasteiger partial charge is 0.461 e. The molecule has 0 fully saturated rings. The highest BCUT2D eigenvalue weighted by molar-refractivity contribution is 7.26. The van der Waals surface area contributed by atoms with Gasteiger partial charge in [-0.1, -0.05) is 45.0 Å². The zero-order valence-electron chi connectivity index (χ0n) is 18.1. The van der Waals surface area contributed by atoms with Gasteiger partial charge in [0, 0.05) is 37.3 Å². The number of furan rings is 1. The molecule has 0 unspecified atom stereocenters. The minimum atomic E-state index is 0.0398. The molecule has 0 aliphatic heterocycles. The van der Waals surface area contributed by atoms with Crippen molar-refractivity contribution < 1.29 is 4.42 Å². The smallest absolute Gasteiger partial charge is 0.134 e. The monoisotopic (exact) mass is 421 g/mol. The number of aryl methyl sites for hydroxylation is 1. The predicted molar refractivity (Wildman–Crippen MR) is 133 cm³/mol. The molecule has 31 heavy (non-hydrogen) atoms. The molecule has 0 bridgehead atoms. The molecule has 3 aromatic heterocycles. The van der Waals surface area contributed by atoms with Crippen LogP contribution in [-0.2, 0) is 5.41 Å². The lowest BCUT2D eigenvalue weighted by molar-refractivity contribution is 0.579. The van der Waals surface area contributed by atoms with Crippen LogP contribution in [0.15, 0.2) is 71.3 Å². The average Bonchev–Trinajstić information content (AvgIpc) is 3.28. The van der Waals surface area contributed by atoms with E-state index in [1.165, 1.54) is 42.1 Å². The van der Waals surface area contributed by atoms with Gasteiger partial charge in [-0.25, -0.2) is 0 Å². The molecule has 3 heteroatoms. The van der Waals surface area contributed by atoms with Gasteiger partial charge < -0.3 is 4.42 Å². The maximum absolute atomic E-state index is 5.95. The van der Waals surface area contributed by atoms with Crippen LogP contribution in [0.2, 0.25) is 0 Å². The summed E-state index contributed by atoms with van der Waals surface area (Å²) < 4.78 is 8.48. The second-order valence-corrected chi connectivity index (χ2v) is 10.5. The molecular weight excluding hydrogens is 398 g/mol. The number of fused-ring (bicyclic) bond motifs is 5. The van der Waals surface area contributed by atoms with E-state index in [9.17, 15) is 0 Å². The van der Waals surface area contributed by atoms with Crippen LogP contribution in [0.1, 0.15) is 32.1 Å². The predicted octanol–water partition coefficient (Wildman–Crippen LogP) is 8.62. The van der Waals surface area contributed by atoms with Crippen LogP contribution in [0.5, 0.6) is 0 Å². The first-order chi connectivity index (χ1) is 14.9. The van der Waals surface area contributed by atoms with Crippen molar-refractivity contribution >= 4 is 53.3 Å². The Morgan fingerprint density at radius 3 is 2.52 bits per heavy atom. The molecule has 152 valence electrons. The minimum Gasteiger partial charge on any atom is -0.461 e. The van der Waals surface area contributed by atoms with E-state index in [2.05, 4.69) is 81.4 Å². The SMILES string of the molecule is Cc1cc2cc3sc4ccnc(-c5cc(C(C)(C)C)c6ccccc6c5)c4c3cc2o1. The summed E-state index contributed by atoms with van der Waals surface area (Å²) >= 11 is 1.83. The summed E-state index contributed by atoms with van der Waals surface area (Å²) in [4.78, 5) is 4.89. The fourth-order valence-electron chi connectivity index (χ4n) is 4.67. The summed E-state index contributed by atoms with van der Waals surface area (Å²) in [6.45, 7) is 8.84. The third-order valence-electron chi connectivity index (χ3n) is 6.09. The summed E-state index contributed by atoms with van der Waals surface area (Å²) in [7, 11) is 0. The summed E-state index contributed by atoms with van der Waals surface area (Å²) in [6, 6.07) is 22.0. The lowest BCUT2D eigenvalue weighted by Gasteiger charge is -2.23. The van der Waals surface area contributed by atoms with E-state index in [4.69, 9.17) is 9.40 Å². The van der Waals surface area contributed by atoms with Crippen LogP contribution < -0.4 is 0 Å². The number of benzene rings is 3. The van der Waals surface area contributed by atoms with Gasteiger partial charge in [0.1, 0.15) is 11.3 Å². The van der Waals surface area contributed by atoms with Crippen molar-refractivity contribution in [1.82, 2.24) is 4.98 Å².